The molecule has 0 fully saturated rings. The van der Waals surface area contributed by atoms with E-state index in [-0.39, 0.29) is 0 Å². The molecule has 0 amide bonds. The van der Waals surface area contributed by atoms with Crippen LogP contribution in [-0.4, -0.2) is 9.36 Å². The van der Waals surface area contributed by atoms with E-state index < -0.39 is 0 Å². The van der Waals surface area contributed by atoms with Gasteiger partial charge in [-0.15, -0.1) is 0 Å². The summed E-state index contributed by atoms with van der Waals surface area (Å²) in [6.07, 6.45) is 1.66. The molecule has 0 aromatic carbocycles. The van der Waals surface area contributed by atoms with Crippen LogP contribution in [0, 0.1) is 6.92 Å². The minimum absolute atomic E-state index is 0.654. The van der Waals surface area contributed by atoms with E-state index in [1.165, 1.54) is 11.5 Å². The van der Waals surface area contributed by atoms with Crippen molar-refractivity contribution < 1.29 is 4.42 Å². The lowest BCUT2D eigenvalue weighted by atomic mass is 10.4. The maximum Gasteiger partial charge on any atom is 0.202 e. The lowest BCUT2D eigenvalue weighted by Gasteiger charge is -1.96. The summed E-state index contributed by atoms with van der Waals surface area (Å²) in [5.74, 6) is 1.69. The smallest absolute Gasteiger partial charge is 0.202 e. The summed E-state index contributed by atoms with van der Waals surface area (Å²) in [5, 5.41) is 3.95. The Morgan fingerprint density at radius 2 is 2.54 bits per heavy atom. The second-order valence-electron chi connectivity index (χ2n) is 2.58. The third-order valence-corrected chi connectivity index (χ3v) is 2.29. The number of rotatable bonds is 3. The molecule has 0 radical (unpaired) electrons. The lowest BCUT2D eigenvalue weighted by molar-refractivity contribution is 0.518. The van der Waals surface area contributed by atoms with Gasteiger partial charge >= 0.3 is 0 Å². The molecule has 0 aliphatic heterocycles. The van der Waals surface area contributed by atoms with Gasteiger partial charge in [0.2, 0.25) is 5.13 Å². The molecule has 0 bridgehead atoms. The Balaban J connectivity index is 1.93. The van der Waals surface area contributed by atoms with E-state index >= 15 is 0 Å². The van der Waals surface area contributed by atoms with Gasteiger partial charge in [-0.3, -0.25) is 0 Å². The van der Waals surface area contributed by atoms with Crippen molar-refractivity contribution in [3.05, 3.63) is 30.0 Å². The molecule has 68 valence electrons. The molecule has 0 atom stereocenters. The van der Waals surface area contributed by atoms with E-state index in [0.717, 1.165) is 16.7 Å². The summed E-state index contributed by atoms with van der Waals surface area (Å²) in [7, 11) is 0. The first kappa shape index (κ1) is 8.25. The van der Waals surface area contributed by atoms with Gasteiger partial charge in [-0.1, -0.05) is 0 Å². The van der Waals surface area contributed by atoms with Crippen LogP contribution < -0.4 is 5.32 Å². The molecule has 0 aliphatic rings. The predicted octanol–water partition coefficient (Wildman–Crippen LogP) is 2.05. The van der Waals surface area contributed by atoms with Gasteiger partial charge in [0.1, 0.15) is 11.6 Å². The second kappa shape index (κ2) is 3.57. The highest BCUT2D eigenvalue weighted by atomic mass is 32.1. The number of hydrogen-bond acceptors (Lipinski definition) is 5. The molecule has 2 aromatic rings. The highest BCUT2D eigenvalue weighted by Gasteiger charge is 2.00. The number of anilines is 1. The Labute approximate surface area is 79.8 Å². The molecular weight excluding hydrogens is 186 g/mol. The van der Waals surface area contributed by atoms with Crippen LogP contribution >= 0.6 is 11.5 Å². The standard InChI is InChI=1S/C8H9N3OS/c1-6-10-8(13-11-6)9-5-7-3-2-4-12-7/h2-4H,5H2,1H3,(H,9,10,11). The van der Waals surface area contributed by atoms with Crippen molar-refractivity contribution in [2.45, 2.75) is 13.5 Å². The Hall–Kier alpha value is -1.36. The van der Waals surface area contributed by atoms with Gasteiger partial charge in [-0.2, -0.15) is 4.37 Å². The lowest BCUT2D eigenvalue weighted by Crippen LogP contribution is -1.97. The molecule has 0 saturated heterocycles. The van der Waals surface area contributed by atoms with Crippen LogP contribution in [0.5, 0.6) is 0 Å². The molecule has 0 aliphatic carbocycles. The van der Waals surface area contributed by atoms with E-state index in [1.54, 1.807) is 6.26 Å². The zero-order valence-electron chi connectivity index (χ0n) is 7.15. The highest BCUT2D eigenvalue weighted by molar-refractivity contribution is 7.09. The summed E-state index contributed by atoms with van der Waals surface area (Å²) in [5.41, 5.74) is 0. The maximum atomic E-state index is 5.16. The summed E-state index contributed by atoms with van der Waals surface area (Å²) < 4.78 is 9.21. The fraction of sp³-hybridized carbons (Fsp3) is 0.250. The van der Waals surface area contributed by atoms with E-state index in [0.29, 0.717) is 6.54 Å². The van der Waals surface area contributed by atoms with Gasteiger partial charge < -0.3 is 9.73 Å². The molecule has 1 N–H and O–H groups in total. The Bertz CT molecular complexity index is 368. The number of aryl methyl sites for hydroxylation is 1. The fourth-order valence-electron chi connectivity index (χ4n) is 0.945. The van der Waals surface area contributed by atoms with E-state index in [2.05, 4.69) is 14.7 Å². The molecule has 2 heterocycles. The SMILES string of the molecule is Cc1nsc(NCc2ccco2)n1. The number of aromatic nitrogens is 2. The first-order valence-corrected chi connectivity index (χ1v) is 4.68. The van der Waals surface area contributed by atoms with E-state index in [1.807, 2.05) is 19.1 Å². The summed E-state index contributed by atoms with van der Waals surface area (Å²) in [6, 6.07) is 3.78. The first-order valence-electron chi connectivity index (χ1n) is 3.91. The molecule has 0 spiro atoms. The molecule has 0 saturated carbocycles. The molecule has 5 heteroatoms. The molecule has 13 heavy (non-hydrogen) atoms. The first-order chi connectivity index (χ1) is 6.34. The van der Waals surface area contributed by atoms with Crippen LogP contribution in [0.4, 0.5) is 5.13 Å². The predicted molar refractivity (Wildman–Crippen MR) is 50.7 cm³/mol. The van der Waals surface area contributed by atoms with Gasteiger partial charge in [0.15, 0.2) is 0 Å². The average Bonchev–Trinajstić information content (AvgIpc) is 2.71. The quantitative estimate of drug-likeness (QED) is 0.814. The largest absolute Gasteiger partial charge is 0.467 e. The van der Waals surface area contributed by atoms with Crippen molar-refractivity contribution in [1.82, 2.24) is 9.36 Å². The fourth-order valence-corrected chi connectivity index (χ4v) is 1.51. The number of furan rings is 1. The molecule has 4 nitrogen and oxygen atoms in total. The topological polar surface area (TPSA) is 51.0 Å². The summed E-state index contributed by atoms with van der Waals surface area (Å²) in [4.78, 5) is 4.16. The number of nitrogens with zero attached hydrogens (tertiary/aromatic N) is 2. The van der Waals surface area contributed by atoms with Gasteiger partial charge in [0.25, 0.3) is 0 Å². The van der Waals surface area contributed by atoms with Crippen LogP contribution in [0.2, 0.25) is 0 Å². The van der Waals surface area contributed by atoms with E-state index in [9.17, 15) is 0 Å². The summed E-state index contributed by atoms with van der Waals surface area (Å²) >= 11 is 1.36. The van der Waals surface area contributed by atoms with Crippen LogP contribution in [0.15, 0.2) is 22.8 Å². The number of nitrogens with one attached hydrogen (secondary N) is 1. The Morgan fingerprint density at radius 3 is 3.15 bits per heavy atom. The van der Waals surface area contributed by atoms with Crippen molar-refractivity contribution in [2.75, 3.05) is 5.32 Å². The highest BCUT2D eigenvalue weighted by Crippen LogP contribution is 2.11. The Morgan fingerprint density at radius 1 is 1.62 bits per heavy atom. The molecule has 2 aromatic heterocycles. The van der Waals surface area contributed by atoms with Crippen LogP contribution in [-0.2, 0) is 6.54 Å². The zero-order chi connectivity index (χ0) is 9.10. The molecule has 0 unspecified atom stereocenters. The van der Waals surface area contributed by atoms with Crippen molar-refractivity contribution in [1.29, 1.82) is 0 Å². The van der Waals surface area contributed by atoms with Gasteiger partial charge in [0, 0.05) is 11.5 Å². The second-order valence-corrected chi connectivity index (χ2v) is 3.33. The van der Waals surface area contributed by atoms with Crippen LogP contribution in [0.3, 0.4) is 0 Å². The average molecular weight is 195 g/mol. The third-order valence-electron chi connectivity index (χ3n) is 1.52. The van der Waals surface area contributed by atoms with Crippen LogP contribution in [0.1, 0.15) is 11.6 Å². The van der Waals surface area contributed by atoms with Crippen molar-refractivity contribution in [2.24, 2.45) is 0 Å². The minimum Gasteiger partial charge on any atom is -0.467 e. The van der Waals surface area contributed by atoms with Gasteiger partial charge in [-0.25, -0.2) is 4.98 Å². The van der Waals surface area contributed by atoms with Crippen molar-refractivity contribution >= 4 is 16.7 Å². The maximum absolute atomic E-state index is 5.16. The number of hydrogen-bond donors (Lipinski definition) is 1. The normalized spacial score (nSPS) is 10.2. The van der Waals surface area contributed by atoms with Gasteiger partial charge in [0.05, 0.1) is 12.8 Å². The Kier molecular flexibility index (Phi) is 2.27. The van der Waals surface area contributed by atoms with Crippen molar-refractivity contribution in [3.8, 4) is 0 Å². The zero-order valence-corrected chi connectivity index (χ0v) is 7.97. The molecule has 2 rings (SSSR count). The summed E-state index contributed by atoms with van der Waals surface area (Å²) in [6.45, 7) is 2.52. The van der Waals surface area contributed by atoms with Crippen molar-refractivity contribution in [3.63, 3.8) is 0 Å². The van der Waals surface area contributed by atoms with Crippen LogP contribution in [0.25, 0.3) is 0 Å². The van der Waals surface area contributed by atoms with E-state index in [4.69, 9.17) is 4.42 Å². The monoisotopic (exact) mass is 195 g/mol. The van der Waals surface area contributed by atoms with Gasteiger partial charge in [-0.05, 0) is 19.1 Å². The third kappa shape index (κ3) is 2.06. The molecular formula is C8H9N3OS. The minimum atomic E-state index is 0.654.